The van der Waals surface area contributed by atoms with Crippen molar-refractivity contribution in [3.8, 4) is 11.4 Å². The van der Waals surface area contributed by atoms with E-state index in [4.69, 9.17) is 22.6 Å². The number of rotatable bonds is 5. The lowest BCUT2D eigenvalue weighted by Gasteiger charge is -2.08. The highest BCUT2D eigenvalue weighted by molar-refractivity contribution is 7.84. The summed E-state index contributed by atoms with van der Waals surface area (Å²) in [4.78, 5) is 8.38. The van der Waals surface area contributed by atoms with Crippen LogP contribution >= 0.6 is 0 Å². The maximum absolute atomic E-state index is 13.5. The van der Waals surface area contributed by atoms with Crippen LogP contribution in [-0.4, -0.2) is 30.8 Å². The van der Waals surface area contributed by atoms with Gasteiger partial charge in [-0.15, -0.1) is 0 Å². The minimum Gasteiger partial charge on any atom is -0.496 e. The van der Waals surface area contributed by atoms with Crippen LogP contribution in [0.2, 0.25) is 1.41 Å². The first-order chi connectivity index (χ1) is 17.9. The summed E-state index contributed by atoms with van der Waals surface area (Å²) in [5.41, 5.74) is -4.69. The zero-order valence-corrected chi connectivity index (χ0v) is 13.7. The van der Waals surface area contributed by atoms with E-state index in [1.165, 1.54) is 18.2 Å². The van der Waals surface area contributed by atoms with Gasteiger partial charge in [-0.05, 0) is 43.2 Å². The van der Waals surface area contributed by atoms with Gasteiger partial charge in [-0.3, -0.25) is 9.19 Å². The van der Waals surface area contributed by atoms with Crippen LogP contribution in [0.5, 0.6) is 5.75 Å². The number of nitrogens with zero attached hydrogens (tertiary/aromatic N) is 3. The van der Waals surface area contributed by atoms with Crippen molar-refractivity contribution in [2.24, 2.45) is 0 Å². The molecular weight excluding hydrogens is 348 g/mol. The Bertz CT molecular complexity index is 1600. The summed E-state index contributed by atoms with van der Waals surface area (Å²) < 4.78 is 121. The van der Waals surface area contributed by atoms with Gasteiger partial charge in [-0.2, -0.15) is 0 Å². The number of hydrogen-bond acceptors (Lipinski definition) is 4. The van der Waals surface area contributed by atoms with Crippen LogP contribution in [0, 0.1) is 6.85 Å². The third-order valence-corrected chi connectivity index (χ3v) is 4.32. The molecule has 1 atom stereocenters. The smallest absolute Gasteiger partial charge is 0.197 e. The normalized spacial score (nSPS) is 21.2. The monoisotopic (exact) mass is 379 g/mol. The Morgan fingerprint density at radius 2 is 2.31 bits per heavy atom. The summed E-state index contributed by atoms with van der Waals surface area (Å²) in [7, 11) is -5.95. The minimum atomic E-state index is -3.12. The summed E-state index contributed by atoms with van der Waals surface area (Å²) in [5.74, 6) is -0.698. The first-order valence-electron chi connectivity index (χ1n) is 13.6. The van der Waals surface area contributed by atoms with Crippen molar-refractivity contribution in [3.63, 3.8) is 0 Å². The molecule has 0 amide bonds. The van der Waals surface area contributed by atoms with Crippen molar-refractivity contribution in [1.82, 2.24) is 19.5 Å². The van der Waals surface area contributed by atoms with E-state index in [9.17, 15) is 4.21 Å². The van der Waals surface area contributed by atoms with Crippen molar-refractivity contribution < 1.29 is 26.8 Å². The topological polar surface area (TPSA) is 72.8 Å². The molecule has 0 saturated heterocycles. The van der Waals surface area contributed by atoms with Gasteiger partial charge in [0.1, 0.15) is 5.75 Å². The van der Waals surface area contributed by atoms with E-state index in [1.54, 1.807) is 0 Å². The highest BCUT2D eigenvalue weighted by atomic mass is 32.2. The maximum atomic E-state index is 13.5. The molecule has 4 rings (SSSR count). The van der Waals surface area contributed by atoms with E-state index in [2.05, 4.69) is 9.97 Å². The SMILES string of the molecule is [2H]c1c([2H])c([2H])n(-c2ccc3c(c2)nc(S(=O)C([2H])([2H])c2nccc(OC([2H])([2H])[2H])c2C([2H])([2H])[2H])n3[2H])c1[2H]. The Hall–Kier alpha value is -2.93. The highest BCUT2D eigenvalue weighted by Gasteiger charge is 2.15. The molecule has 0 aliphatic carbocycles. The Labute approximate surface area is 171 Å². The molecule has 6 nitrogen and oxygen atoms in total. The fourth-order valence-electron chi connectivity index (χ4n) is 2.21. The molecule has 7 heteroatoms. The van der Waals surface area contributed by atoms with Gasteiger partial charge in [-0.1, -0.05) is 0 Å². The number of H-pyrrole nitrogens is 1. The van der Waals surface area contributed by atoms with Gasteiger partial charge in [0, 0.05) is 36.6 Å². The molecule has 0 saturated carbocycles. The Morgan fingerprint density at radius 3 is 3.12 bits per heavy atom. The highest BCUT2D eigenvalue weighted by Crippen LogP contribution is 2.22. The number of fused-ring (bicyclic) bond motifs is 1. The predicted molar refractivity (Wildman–Crippen MR) is 101 cm³/mol. The number of nitrogens with one attached hydrogen (secondary N) is 1. The Kier molecular flexibility index (Phi) is 1.91. The fraction of sp³-hybridized carbons (Fsp3) is 0.158. The maximum Gasteiger partial charge on any atom is 0.197 e. The third kappa shape index (κ3) is 3.01. The molecule has 26 heavy (non-hydrogen) atoms. The molecule has 3 aromatic heterocycles. The van der Waals surface area contributed by atoms with Crippen LogP contribution in [-0.2, 0) is 16.5 Å². The van der Waals surface area contributed by atoms with E-state index >= 15 is 0 Å². The van der Waals surface area contributed by atoms with Gasteiger partial charge < -0.3 is 14.3 Å². The van der Waals surface area contributed by atoms with Crippen molar-refractivity contribution >= 4 is 21.8 Å². The van der Waals surface area contributed by atoms with Crippen LogP contribution in [0.15, 0.2) is 60.0 Å². The summed E-state index contributed by atoms with van der Waals surface area (Å²) in [6.07, 6.45) is 0.0422. The zero-order valence-electron chi connectivity index (χ0n) is 25.9. The lowest BCUT2D eigenvalue weighted by Crippen LogP contribution is -2.03. The second-order valence-electron chi connectivity index (χ2n) is 4.99. The van der Waals surface area contributed by atoms with Crippen molar-refractivity contribution in [2.75, 3.05) is 7.04 Å². The van der Waals surface area contributed by atoms with Gasteiger partial charge in [-0.25, -0.2) is 4.98 Å². The molecular formula is C19H18N4O2S. The van der Waals surface area contributed by atoms with E-state index in [1.807, 2.05) is 0 Å². The van der Waals surface area contributed by atoms with Crippen LogP contribution in [0.25, 0.3) is 16.7 Å². The molecule has 1 N–H and O–H groups in total. The van der Waals surface area contributed by atoms with Crippen LogP contribution in [0.3, 0.4) is 0 Å². The summed E-state index contributed by atoms with van der Waals surface area (Å²) in [5, 5.41) is -0.639. The number of imidazole rings is 1. The largest absolute Gasteiger partial charge is 0.496 e. The molecule has 0 radical (unpaired) electrons. The quantitative estimate of drug-likeness (QED) is 0.577. The minimum absolute atomic E-state index is 0.00398. The number of pyridine rings is 1. The fourth-order valence-corrected chi connectivity index (χ4v) is 3.00. The molecule has 132 valence electrons. The van der Waals surface area contributed by atoms with Crippen LogP contribution < -0.4 is 4.74 Å². The average Bonchev–Trinajstić information content (AvgIpc) is 3.24. The van der Waals surface area contributed by atoms with Crippen molar-refractivity contribution in [2.45, 2.75) is 17.7 Å². The van der Waals surface area contributed by atoms with Crippen LogP contribution in [0.1, 0.15) is 27.7 Å². The molecule has 1 aromatic carbocycles. The molecule has 0 aliphatic rings. The summed E-state index contributed by atoms with van der Waals surface area (Å²) in [6.45, 7) is -3.12. The van der Waals surface area contributed by atoms with Gasteiger partial charge >= 0.3 is 0 Å². The lowest BCUT2D eigenvalue weighted by atomic mass is 10.2. The number of aromatic nitrogens is 4. The Morgan fingerprint density at radius 1 is 1.42 bits per heavy atom. The molecule has 4 aromatic rings. The van der Waals surface area contributed by atoms with Gasteiger partial charge in [0.2, 0.25) is 0 Å². The first-order valence-corrected chi connectivity index (χ1v) is 8.29. The molecule has 0 bridgehead atoms. The number of methoxy groups -OCH3 is 1. The molecule has 0 spiro atoms. The number of hydrogen-bond donors (Lipinski definition) is 1. The van der Waals surface area contributed by atoms with E-state index < -0.39 is 77.0 Å². The Balaban J connectivity index is 1.84. The van der Waals surface area contributed by atoms with E-state index in [-0.39, 0.29) is 16.7 Å². The second kappa shape index (κ2) is 6.76. The molecule has 0 fully saturated rings. The van der Waals surface area contributed by atoms with Gasteiger partial charge in [0.25, 0.3) is 0 Å². The first kappa shape index (κ1) is 7.36. The van der Waals surface area contributed by atoms with E-state index in [0.717, 1.165) is 16.8 Å². The number of benzene rings is 1. The molecule has 3 heterocycles. The molecule has 1 unspecified atom stereocenters. The van der Waals surface area contributed by atoms with E-state index in [0.29, 0.717) is 4.98 Å². The van der Waals surface area contributed by atoms with Gasteiger partial charge in [0.05, 0.1) is 49.9 Å². The summed E-state index contributed by atoms with van der Waals surface area (Å²) in [6, 6.07) is 3.98. The van der Waals surface area contributed by atoms with Gasteiger partial charge in [0.15, 0.2) is 6.57 Å². The lowest BCUT2D eigenvalue weighted by molar-refractivity contribution is 0.410. The average molecular weight is 380 g/mol. The van der Waals surface area contributed by atoms with Crippen LogP contribution in [0.4, 0.5) is 0 Å². The molecule has 0 aliphatic heterocycles. The summed E-state index contributed by atoms with van der Waals surface area (Å²) >= 11 is 0. The number of aromatic amines is 1. The predicted octanol–water partition coefficient (Wildman–Crippen LogP) is 3.37. The third-order valence-electron chi connectivity index (χ3n) is 3.43. The second-order valence-corrected chi connectivity index (χ2v) is 6.10. The zero-order chi connectivity index (χ0) is 29.2. The van der Waals surface area contributed by atoms with Crippen molar-refractivity contribution in [3.05, 3.63) is 66.2 Å². The van der Waals surface area contributed by atoms with Crippen molar-refractivity contribution in [1.29, 1.82) is 0 Å². The standard InChI is InChI=1S/C19H18N4O2S/c1-13-17(20-8-7-18(13)25-2)12-26(24)19-21-15-6-5-14(11-16(15)22-19)23-9-3-4-10-23/h3-11H,12H2,1-2H3,(H,21,22)/i1D3,2D3,3D,4D,9D,10D,12D2/hD. The number of ether oxygens (including phenoxy) is 1.